The van der Waals surface area contributed by atoms with Crippen LogP contribution in [0.3, 0.4) is 0 Å². The number of carboxylic acids is 1. The van der Waals surface area contributed by atoms with Crippen LogP contribution in [0.5, 0.6) is 11.5 Å². The lowest BCUT2D eigenvalue weighted by atomic mass is 9.93. The van der Waals surface area contributed by atoms with Crippen molar-refractivity contribution < 1.29 is 14.6 Å². The zero-order chi connectivity index (χ0) is 19.3. The second kappa shape index (κ2) is 8.59. The molecule has 1 unspecified atom stereocenters. The van der Waals surface area contributed by atoms with Crippen molar-refractivity contribution in [2.45, 2.75) is 18.9 Å². The molecule has 1 atom stereocenters. The van der Waals surface area contributed by atoms with Gasteiger partial charge in [-0.25, -0.2) is 0 Å². The van der Waals surface area contributed by atoms with E-state index in [0.29, 0.717) is 12.8 Å². The molecule has 0 aliphatic carbocycles. The number of rotatable bonds is 6. The molecule has 0 spiro atoms. The monoisotopic (exact) mass is 393 g/mol. The van der Waals surface area contributed by atoms with Crippen molar-refractivity contribution in [1.82, 2.24) is 4.90 Å². The third-order valence-electron chi connectivity index (χ3n) is 5.21. The maximum atomic E-state index is 11.3. The average molecular weight is 394 g/mol. The lowest BCUT2D eigenvalue weighted by molar-refractivity contribution is -0.143. The van der Waals surface area contributed by atoms with Gasteiger partial charge in [0.05, 0.1) is 12.0 Å². The van der Waals surface area contributed by atoms with Gasteiger partial charge in [0.25, 0.3) is 0 Å². The van der Waals surface area contributed by atoms with Crippen LogP contribution in [-0.2, 0) is 4.79 Å². The highest BCUT2D eigenvalue weighted by Gasteiger charge is 2.30. The number of nitrogens with zero attached hydrogens (tertiary/aromatic N) is 1. The van der Waals surface area contributed by atoms with E-state index in [2.05, 4.69) is 34.5 Å². The summed E-state index contributed by atoms with van der Waals surface area (Å²) >= 11 is 1.74. The zero-order valence-corrected chi connectivity index (χ0v) is 16.3. The number of hydrogen-bond donors (Lipinski definition) is 1. The van der Waals surface area contributed by atoms with E-state index in [0.717, 1.165) is 24.6 Å². The maximum Gasteiger partial charge on any atom is 0.306 e. The molecule has 1 aromatic heterocycles. The molecule has 1 N–H and O–H groups in total. The molecule has 0 saturated carbocycles. The van der Waals surface area contributed by atoms with E-state index in [1.807, 2.05) is 42.5 Å². The van der Waals surface area contributed by atoms with Crippen LogP contribution in [0.25, 0.3) is 0 Å². The fourth-order valence-electron chi connectivity index (χ4n) is 3.78. The van der Waals surface area contributed by atoms with Gasteiger partial charge in [-0.15, -0.1) is 11.3 Å². The Bertz CT molecular complexity index is 903. The minimum atomic E-state index is -0.675. The predicted octanol–water partition coefficient (Wildman–Crippen LogP) is 5.43. The largest absolute Gasteiger partial charge is 0.481 e. The van der Waals surface area contributed by atoms with Crippen LogP contribution in [0.2, 0.25) is 0 Å². The second-order valence-electron chi connectivity index (χ2n) is 7.05. The summed E-state index contributed by atoms with van der Waals surface area (Å²) in [6.45, 7) is 1.56. The Hall–Kier alpha value is -2.63. The molecule has 1 fully saturated rings. The molecular formula is C23H23NO3S. The van der Waals surface area contributed by atoms with Gasteiger partial charge in [-0.2, -0.15) is 0 Å². The second-order valence-corrected chi connectivity index (χ2v) is 8.03. The van der Waals surface area contributed by atoms with E-state index in [4.69, 9.17) is 4.74 Å². The van der Waals surface area contributed by atoms with Gasteiger partial charge in [0.15, 0.2) is 0 Å². The molecule has 2 heterocycles. The third-order valence-corrected chi connectivity index (χ3v) is 6.13. The highest BCUT2D eigenvalue weighted by Crippen LogP contribution is 2.36. The molecule has 144 valence electrons. The van der Waals surface area contributed by atoms with Crippen molar-refractivity contribution in [3.8, 4) is 11.5 Å². The molecule has 0 radical (unpaired) electrons. The van der Waals surface area contributed by atoms with Crippen molar-refractivity contribution in [2.24, 2.45) is 5.92 Å². The van der Waals surface area contributed by atoms with Crippen LogP contribution in [0.15, 0.2) is 72.1 Å². The molecule has 1 aliphatic heterocycles. The topological polar surface area (TPSA) is 49.8 Å². The van der Waals surface area contributed by atoms with Crippen LogP contribution in [0.1, 0.15) is 29.3 Å². The van der Waals surface area contributed by atoms with Crippen LogP contribution < -0.4 is 4.74 Å². The minimum absolute atomic E-state index is 0.120. The van der Waals surface area contributed by atoms with Crippen LogP contribution in [-0.4, -0.2) is 29.1 Å². The number of likely N-dealkylation sites (tertiary alicyclic amines) is 1. The van der Waals surface area contributed by atoms with Crippen molar-refractivity contribution in [2.75, 3.05) is 13.1 Å². The third kappa shape index (κ3) is 4.26. The number of thiophene rings is 1. The van der Waals surface area contributed by atoms with Gasteiger partial charge in [0, 0.05) is 4.88 Å². The smallest absolute Gasteiger partial charge is 0.306 e. The van der Waals surface area contributed by atoms with E-state index >= 15 is 0 Å². The summed E-state index contributed by atoms with van der Waals surface area (Å²) in [6, 6.07) is 22.3. The lowest BCUT2D eigenvalue weighted by Gasteiger charge is -2.36. The van der Waals surface area contributed by atoms with Crippen LogP contribution in [0.4, 0.5) is 0 Å². The number of benzene rings is 2. The Morgan fingerprint density at radius 3 is 2.43 bits per heavy atom. The predicted molar refractivity (Wildman–Crippen MR) is 111 cm³/mol. The maximum absolute atomic E-state index is 11.3. The van der Waals surface area contributed by atoms with Gasteiger partial charge in [-0.1, -0.05) is 36.4 Å². The number of carbonyl (C=O) groups is 1. The molecule has 0 amide bonds. The summed E-state index contributed by atoms with van der Waals surface area (Å²) in [5.74, 6) is 0.721. The summed E-state index contributed by atoms with van der Waals surface area (Å²) in [5, 5.41) is 11.4. The van der Waals surface area contributed by atoms with E-state index in [1.54, 1.807) is 11.3 Å². The summed E-state index contributed by atoms with van der Waals surface area (Å²) in [5.41, 5.74) is 1.17. The molecule has 4 nitrogen and oxygen atoms in total. The average Bonchev–Trinajstić information content (AvgIpc) is 3.24. The number of ether oxygens (including phenoxy) is 1. The first-order chi connectivity index (χ1) is 13.7. The fourth-order valence-corrected chi connectivity index (χ4v) is 4.66. The standard InChI is InChI=1S/C23H23NO3S/c25-23(26)17-11-13-24(14-12-17)22(21-10-5-15-28-21)18-6-4-9-20(16-18)27-19-7-2-1-3-8-19/h1-10,15-17,22H,11-14H2,(H,25,26). The first kappa shape index (κ1) is 18.7. The molecule has 2 aromatic carbocycles. The SMILES string of the molecule is O=C(O)C1CCN(C(c2cccc(Oc3ccccc3)c2)c2cccs2)CC1. The summed E-state index contributed by atoms with van der Waals surface area (Å²) < 4.78 is 6.03. The highest BCUT2D eigenvalue weighted by atomic mass is 32.1. The highest BCUT2D eigenvalue weighted by molar-refractivity contribution is 7.10. The molecule has 1 aliphatic rings. The van der Waals surface area contributed by atoms with E-state index in [1.165, 1.54) is 10.4 Å². The van der Waals surface area contributed by atoms with Crippen LogP contribution >= 0.6 is 11.3 Å². The normalized spacial score (nSPS) is 16.6. The van der Waals surface area contributed by atoms with E-state index in [9.17, 15) is 9.90 Å². The minimum Gasteiger partial charge on any atom is -0.481 e. The van der Waals surface area contributed by atoms with Gasteiger partial charge in [-0.3, -0.25) is 9.69 Å². The van der Waals surface area contributed by atoms with Gasteiger partial charge in [0.1, 0.15) is 11.5 Å². The Labute approximate surface area is 169 Å². The molecule has 5 heteroatoms. The summed E-state index contributed by atoms with van der Waals surface area (Å²) in [4.78, 5) is 15.0. The van der Waals surface area contributed by atoms with Crippen molar-refractivity contribution in [3.05, 3.63) is 82.6 Å². The van der Waals surface area contributed by atoms with Crippen LogP contribution in [0, 0.1) is 5.92 Å². The quantitative estimate of drug-likeness (QED) is 0.607. The first-order valence-electron chi connectivity index (χ1n) is 9.54. The molecule has 1 saturated heterocycles. The van der Waals surface area contributed by atoms with Crippen molar-refractivity contribution >= 4 is 17.3 Å². The number of carboxylic acid groups (broad SMARTS) is 1. The Balaban J connectivity index is 1.59. The molecule has 28 heavy (non-hydrogen) atoms. The molecular weight excluding hydrogens is 370 g/mol. The van der Waals surface area contributed by atoms with Gasteiger partial charge in [-0.05, 0) is 67.2 Å². The number of piperidine rings is 1. The summed E-state index contributed by atoms with van der Waals surface area (Å²) in [7, 11) is 0. The van der Waals surface area contributed by atoms with Crippen molar-refractivity contribution in [3.63, 3.8) is 0 Å². The lowest BCUT2D eigenvalue weighted by Crippen LogP contribution is -2.39. The first-order valence-corrected chi connectivity index (χ1v) is 10.4. The van der Waals surface area contributed by atoms with E-state index in [-0.39, 0.29) is 12.0 Å². The molecule has 0 bridgehead atoms. The van der Waals surface area contributed by atoms with Gasteiger partial charge in [0.2, 0.25) is 0 Å². The fraction of sp³-hybridized carbons (Fsp3) is 0.261. The van der Waals surface area contributed by atoms with E-state index < -0.39 is 5.97 Å². The van der Waals surface area contributed by atoms with Gasteiger partial charge >= 0.3 is 5.97 Å². The van der Waals surface area contributed by atoms with Gasteiger partial charge < -0.3 is 9.84 Å². The molecule has 4 rings (SSSR count). The summed E-state index contributed by atoms with van der Waals surface area (Å²) in [6.07, 6.45) is 1.38. The molecule has 3 aromatic rings. The Kier molecular flexibility index (Phi) is 5.74. The Morgan fingerprint density at radius 1 is 1.00 bits per heavy atom. The Morgan fingerprint density at radius 2 is 1.75 bits per heavy atom. The number of hydrogen-bond acceptors (Lipinski definition) is 4. The number of para-hydroxylation sites is 1. The zero-order valence-electron chi connectivity index (χ0n) is 15.5. The van der Waals surface area contributed by atoms with Crippen molar-refractivity contribution in [1.29, 1.82) is 0 Å². The number of aliphatic carboxylic acids is 1.